The van der Waals surface area contributed by atoms with E-state index in [4.69, 9.17) is 15.0 Å². The Hall–Kier alpha value is -5.46. The van der Waals surface area contributed by atoms with Gasteiger partial charge in [0.1, 0.15) is 5.82 Å². The van der Waals surface area contributed by atoms with E-state index in [9.17, 15) is 0 Å². The largest absolute Gasteiger partial charge is 0.294 e. The maximum absolute atomic E-state index is 5.33. The molecule has 6 heteroatoms. The quantitative estimate of drug-likeness (QED) is 0.212. The summed E-state index contributed by atoms with van der Waals surface area (Å²) in [6, 6.07) is 46.4. The first kappa shape index (κ1) is 24.2. The number of pyridine rings is 1. The zero-order valence-electron chi connectivity index (χ0n) is 22.9. The van der Waals surface area contributed by atoms with Crippen molar-refractivity contribution in [2.75, 3.05) is 4.90 Å². The molecule has 0 atom stereocenters. The van der Waals surface area contributed by atoms with Crippen molar-refractivity contribution in [1.82, 2.24) is 19.5 Å². The van der Waals surface area contributed by atoms with Crippen molar-refractivity contribution in [1.29, 1.82) is 0 Å². The standard InChI is InChI=1S/C37H23N5S/c1-2-12-25-23-38-28(21-24(25)11-1)29-22-36(41-30-15-5-3-13-26(30)27-14-4-6-16-31(27)41)40-37(39-29)42-32-17-7-9-19-34(32)43-35-20-10-8-18-33(35)42/h1-23H. The van der Waals surface area contributed by atoms with Gasteiger partial charge in [-0.2, -0.15) is 4.98 Å². The molecule has 0 bridgehead atoms. The SMILES string of the molecule is c1ccc2c(c1)Sc1ccccc1N2c1nc(-c2cc3ccccc3cn2)cc(-n2c3ccccc3c3ccccc32)n1. The predicted molar refractivity (Wildman–Crippen MR) is 176 cm³/mol. The number of aromatic nitrogens is 4. The van der Waals surface area contributed by atoms with Gasteiger partial charge in [-0.05, 0) is 47.9 Å². The van der Waals surface area contributed by atoms with E-state index in [-0.39, 0.29) is 0 Å². The molecule has 0 amide bonds. The molecule has 5 aromatic carbocycles. The molecule has 3 aromatic heterocycles. The lowest BCUT2D eigenvalue weighted by molar-refractivity contribution is 0.993. The van der Waals surface area contributed by atoms with E-state index in [0.717, 1.165) is 60.2 Å². The van der Waals surface area contributed by atoms with Gasteiger partial charge < -0.3 is 0 Å². The molecule has 0 saturated carbocycles. The fourth-order valence-electron chi connectivity index (χ4n) is 6.08. The summed E-state index contributed by atoms with van der Waals surface area (Å²) in [5, 5.41) is 4.60. The Morgan fingerprint density at radius 2 is 1.09 bits per heavy atom. The second kappa shape index (κ2) is 9.54. The molecule has 1 aliphatic rings. The van der Waals surface area contributed by atoms with E-state index in [2.05, 4.69) is 137 Å². The maximum Gasteiger partial charge on any atom is 0.237 e. The second-order valence-corrected chi connectivity index (χ2v) is 11.7. The lowest BCUT2D eigenvalue weighted by atomic mass is 10.1. The van der Waals surface area contributed by atoms with Gasteiger partial charge >= 0.3 is 0 Å². The molecule has 43 heavy (non-hydrogen) atoms. The molecule has 8 aromatic rings. The molecule has 0 saturated heterocycles. The number of benzene rings is 5. The summed E-state index contributed by atoms with van der Waals surface area (Å²) in [6.07, 6.45) is 1.93. The van der Waals surface area contributed by atoms with Crippen molar-refractivity contribution < 1.29 is 0 Å². The van der Waals surface area contributed by atoms with Gasteiger partial charge in [-0.3, -0.25) is 14.5 Å². The van der Waals surface area contributed by atoms with Gasteiger partial charge in [-0.1, -0.05) is 96.7 Å². The number of hydrogen-bond acceptors (Lipinski definition) is 5. The number of rotatable bonds is 3. The Morgan fingerprint density at radius 1 is 0.512 bits per heavy atom. The first-order chi connectivity index (χ1) is 21.3. The van der Waals surface area contributed by atoms with E-state index in [1.807, 2.05) is 12.3 Å². The van der Waals surface area contributed by atoms with Crippen LogP contribution in [0.1, 0.15) is 0 Å². The third-order valence-corrected chi connectivity index (χ3v) is 9.17. The summed E-state index contributed by atoms with van der Waals surface area (Å²) in [5.41, 5.74) is 5.88. The van der Waals surface area contributed by atoms with Crippen molar-refractivity contribution >= 4 is 61.7 Å². The third kappa shape index (κ3) is 3.84. The predicted octanol–water partition coefficient (Wildman–Crippen LogP) is 9.72. The van der Waals surface area contributed by atoms with Crippen LogP contribution in [0.3, 0.4) is 0 Å². The average molecular weight is 570 g/mol. The highest BCUT2D eigenvalue weighted by Gasteiger charge is 2.27. The van der Waals surface area contributed by atoms with Crippen LogP contribution in [0.15, 0.2) is 149 Å². The Labute approximate surface area is 252 Å². The van der Waals surface area contributed by atoms with Crippen molar-refractivity contribution in [3.63, 3.8) is 0 Å². The molecule has 1 aliphatic heterocycles. The average Bonchev–Trinajstić information content (AvgIpc) is 3.41. The van der Waals surface area contributed by atoms with Gasteiger partial charge in [0.2, 0.25) is 5.95 Å². The summed E-state index contributed by atoms with van der Waals surface area (Å²) in [5.74, 6) is 1.39. The van der Waals surface area contributed by atoms with Crippen LogP contribution in [0.5, 0.6) is 0 Å². The molecule has 0 spiro atoms. The third-order valence-electron chi connectivity index (χ3n) is 8.04. The number of fused-ring (bicyclic) bond motifs is 6. The van der Waals surface area contributed by atoms with Gasteiger partial charge in [0.05, 0.1) is 33.8 Å². The molecule has 0 radical (unpaired) electrons. The van der Waals surface area contributed by atoms with Crippen molar-refractivity contribution in [2.45, 2.75) is 9.79 Å². The highest BCUT2D eigenvalue weighted by molar-refractivity contribution is 7.99. The van der Waals surface area contributed by atoms with E-state index in [0.29, 0.717) is 5.95 Å². The molecule has 4 heterocycles. The van der Waals surface area contributed by atoms with E-state index >= 15 is 0 Å². The monoisotopic (exact) mass is 569 g/mol. The lowest BCUT2D eigenvalue weighted by Crippen LogP contribution is -2.18. The summed E-state index contributed by atoms with van der Waals surface area (Å²) in [4.78, 5) is 19.9. The van der Waals surface area contributed by atoms with Crippen LogP contribution < -0.4 is 4.90 Å². The Balaban J connectivity index is 1.36. The fraction of sp³-hybridized carbons (Fsp3) is 0. The molecular weight excluding hydrogens is 547 g/mol. The van der Waals surface area contributed by atoms with Crippen molar-refractivity contribution in [3.8, 4) is 17.2 Å². The first-order valence-electron chi connectivity index (χ1n) is 14.2. The van der Waals surface area contributed by atoms with Crippen molar-refractivity contribution in [2.24, 2.45) is 0 Å². The molecule has 0 fully saturated rings. The highest BCUT2D eigenvalue weighted by atomic mass is 32.2. The second-order valence-electron chi connectivity index (χ2n) is 10.6. The molecular formula is C37H23N5S. The van der Waals surface area contributed by atoms with E-state index in [1.54, 1.807) is 11.8 Å². The van der Waals surface area contributed by atoms with Gasteiger partial charge in [0.25, 0.3) is 0 Å². The smallest absolute Gasteiger partial charge is 0.237 e. The van der Waals surface area contributed by atoms with Crippen LogP contribution in [0.4, 0.5) is 17.3 Å². The maximum atomic E-state index is 5.33. The highest BCUT2D eigenvalue weighted by Crippen LogP contribution is 2.50. The number of para-hydroxylation sites is 4. The zero-order valence-corrected chi connectivity index (χ0v) is 23.7. The topological polar surface area (TPSA) is 46.8 Å². The van der Waals surface area contributed by atoms with Crippen LogP contribution in [0.25, 0.3) is 49.8 Å². The summed E-state index contributed by atoms with van der Waals surface area (Å²) in [6.45, 7) is 0. The molecule has 9 rings (SSSR count). The zero-order chi connectivity index (χ0) is 28.3. The van der Waals surface area contributed by atoms with Gasteiger partial charge in [0, 0.05) is 38.2 Å². The van der Waals surface area contributed by atoms with Crippen molar-refractivity contribution in [3.05, 3.63) is 140 Å². The first-order valence-corrected chi connectivity index (χ1v) is 15.0. The molecule has 0 N–H and O–H groups in total. The number of nitrogens with zero attached hydrogens (tertiary/aromatic N) is 5. The Kier molecular flexibility index (Phi) is 5.36. The van der Waals surface area contributed by atoms with Crippen LogP contribution >= 0.6 is 11.8 Å². The molecule has 0 aliphatic carbocycles. The molecule has 5 nitrogen and oxygen atoms in total. The van der Waals surface area contributed by atoms with E-state index in [1.165, 1.54) is 10.8 Å². The summed E-state index contributed by atoms with van der Waals surface area (Å²) < 4.78 is 2.25. The number of hydrogen-bond donors (Lipinski definition) is 0. The van der Waals surface area contributed by atoms with Crippen LogP contribution in [0, 0.1) is 0 Å². The van der Waals surface area contributed by atoms with Crippen LogP contribution in [-0.4, -0.2) is 19.5 Å². The molecule has 202 valence electrons. The Morgan fingerprint density at radius 3 is 1.79 bits per heavy atom. The minimum absolute atomic E-state index is 0.601. The number of anilines is 3. The van der Waals surface area contributed by atoms with Gasteiger partial charge in [0.15, 0.2) is 0 Å². The molecule has 0 unspecified atom stereocenters. The minimum Gasteiger partial charge on any atom is -0.294 e. The normalized spacial score (nSPS) is 12.5. The Bertz CT molecular complexity index is 2260. The van der Waals surface area contributed by atoms with E-state index < -0.39 is 0 Å². The minimum atomic E-state index is 0.601. The van der Waals surface area contributed by atoms with Crippen LogP contribution in [0.2, 0.25) is 0 Å². The summed E-state index contributed by atoms with van der Waals surface area (Å²) in [7, 11) is 0. The van der Waals surface area contributed by atoms with Crippen LogP contribution in [-0.2, 0) is 0 Å². The summed E-state index contributed by atoms with van der Waals surface area (Å²) >= 11 is 1.77. The van der Waals surface area contributed by atoms with Gasteiger partial charge in [-0.25, -0.2) is 4.98 Å². The lowest BCUT2D eigenvalue weighted by Gasteiger charge is -2.31. The van der Waals surface area contributed by atoms with Gasteiger partial charge in [-0.15, -0.1) is 0 Å². The fourth-order valence-corrected chi connectivity index (χ4v) is 7.14.